The van der Waals surface area contributed by atoms with Crippen LogP contribution in [0.4, 0.5) is 0 Å². The van der Waals surface area contributed by atoms with Crippen molar-refractivity contribution in [3.05, 3.63) is 0 Å². The average molecular weight is 844 g/mol. The second-order valence-electron chi connectivity index (χ2n) is 16.3. The van der Waals surface area contributed by atoms with Gasteiger partial charge >= 0.3 is 0 Å². The third kappa shape index (κ3) is 50.4. The van der Waals surface area contributed by atoms with E-state index in [-0.39, 0.29) is 32.7 Å². The predicted molar refractivity (Wildman–Crippen MR) is 233 cm³/mol. The van der Waals surface area contributed by atoms with Gasteiger partial charge in [-0.25, -0.2) is 4.89 Å². The van der Waals surface area contributed by atoms with Gasteiger partial charge in [-0.05, 0) is 65.1 Å². The summed E-state index contributed by atoms with van der Waals surface area (Å²) in [5.74, 6) is 0.423. The Balaban J connectivity index is -0.00000170. The number of rotatable bonds is 43. The van der Waals surface area contributed by atoms with E-state index in [1.54, 1.807) is 0 Å². The van der Waals surface area contributed by atoms with E-state index in [4.69, 9.17) is 10.4 Å². The Morgan fingerprint density at radius 2 is 0.722 bits per heavy atom. The minimum atomic E-state index is 0. The fourth-order valence-electron chi connectivity index (χ4n) is 7.19. The average Bonchev–Trinajstić information content (AvgIpc) is 3.16. The van der Waals surface area contributed by atoms with Crippen molar-refractivity contribution in [1.82, 2.24) is 9.80 Å². The quantitative estimate of drug-likeness (QED) is 0.0363. The van der Waals surface area contributed by atoms with Gasteiger partial charge in [0.2, 0.25) is 5.91 Å². The Bertz CT molecular complexity index is 642. The molecule has 0 fully saturated rings. The van der Waals surface area contributed by atoms with E-state index in [1.165, 1.54) is 219 Å². The maximum Gasteiger partial charge on any atom is 0.222 e. The van der Waals surface area contributed by atoms with Crippen LogP contribution in [-0.2, 0) is 42.4 Å². The van der Waals surface area contributed by atoms with Crippen molar-refractivity contribution in [1.29, 1.82) is 0 Å². The molecule has 0 saturated heterocycles. The van der Waals surface area contributed by atoms with Gasteiger partial charge in [-0.3, -0.25) is 10.1 Å². The number of nitrogens with zero attached hydrogens (tertiary/aromatic N) is 2. The number of unbranched alkanes of at least 4 members (excludes halogenated alkanes) is 30. The van der Waals surface area contributed by atoms with Gasteiger partial charge in [0.15, 0.2) is 0 Å². The van der Waals surface area contributed by atoms with Crippen molar-refractivity contribution in [2.75, 3.05) is 46.4 Å². The van der Waals surface area contributed by atoms with E-state index in [1.807, 2.05) is 0 Å². The topological polar surface area (TPSA) is 73.2 Å². The van der Waals surface area contributed by atoms with E-state index >= 15 is 0 Å². The third-order valence-corrected chi connectivity index (χ3v) is 10.9. The van der Waals surface area contributed by atoms with Crippen molar-refractivity contribution in [2.24, 2.45) is 0 Å². The maximum absolute atomic E-state index is 13.1. The van der Waals surface area contributed by atoms with E-state index in [0.29, 0.717) is 19.1 Å². The predicted octanol–water partition coefficient (Wildman–Crippen LogP) is 14.3. The van der Waals surface area contributed by atoms with Crippen molar-refractivity contribution in [2.45, 2.75) is 252 Å². The zero-order valence-corrected chi connectivity index (χ0v) is 40.2. The second-order valence-corrected chi connectivity index (χ2v) is 16.3. The molecule has 7 heteroatoms. The molecular formula is C47H98N2O4Y. The molecule has 0 aliphatic heterocycles. The molecule has 0 unspecified atom stereocenters. The number of carbonyl (C=O) groups excluding carboxylic acids is 1. The van der Waals surface area contributed by atoms with Gasteiger partial charge < -0.3 is 14.9 Å². The Morgan fingerprint density at radius 3 is 1.07 bits per heavy atom. The molecule has 54 heavy (non-hydrogen) atoms. The van der Waals surface area contributed by atoms with Crippen LogP contribution in [0.15, 0.2) is 0 Å². The summed E-state index contributed by atoms with van der Waals surface area (Å²) in [5.41, 5.74) is 0. The van der Waals surface area contributed by atoms with Gasteiger partial charge in [0, 0.05) is 58.8 Å². The van der Waals surface area contributed by atoms with Crippen LogP contribution in [0.3, 0.4) is 0 Å². The molecule has 0 aromatic carbocycles. The first kappa shape index (κ1) is 58.7. The van der Waals surface area contributed by atoms with Crippen molar-refractivity contribution in [3.8, 4) is 0 Å². The molecular weight excluding hydrogens is 745 g/mol. The minimum absolute atomic E-state index is 0. The molecule has 323 valence electrons. The van der Waals surface area contributed by atoms with E-state index < -0.39 is 0 Å². The minimum Gasteiger partial charge on any atom is -0.396 e. The van der Waals surface area contributed by atoms with Crippen LogP contribution in [0.2, 0.25) is 0 Å². The van der Waals surface area contributed by atoms with Crippen LogP contribution < -0.4 is 0 Å². The van der Waals surface area contributed by atoms with Crippen molar-refractivity contribution < 1.29 is 52.8 Å². The molecule has 6 nitrogen and oxygen atoms in total. The van der Waals surface area contributed by atoms with Gasteiger partial charge in [0.25, 0.3) is 0 Å². The fraction of sp³-hybridized carbons (Fsp3) is 0.979. The van der Waals surface area contributed by atoms with Gasteiger partial charge in [-0.2, -0.15) is 0 Å². The number of aliphatic hydroxyl groups excluding tert-OH is 1. The monoisotopic (exact) mass is 844 g/mol. The zero-order valence-electron chi connectivity index (χ0n) is 37.4. The van der Waals surface area contributed by atoms with Crippen LogP contribution in [-0.4, -0.2) is 72.5 Å². The smallest absolute Gasteiger partial charge is 0.222 e. The maximum atomic E-state index is 13.1. The Labute approximate surface area is 364 Å². The number of hydrogen-bond donors (Lipinski definition) is 2. The fourth-order valence-corrected chi connectivity index (χ4v) is 7.19. The first-order valence-electron chi connectivity index (χ1n) is 23.9. The van der Waals surface area contributed by atoms with E-state index in [0.717, 1.165) is 38.8 Å². The molecule has 0 rings (SSSR count). The Hall–Kier alpha value is 0.414. The molecule has 0 aromatic heterocycles. The first-order chi connectivity index (χ1) is 26.1. The standard InChI is InChI=1S/C37H76N2O2.C10H22O2.Y/c1-4-6-8-10-12-14-22-28-34-39(35-29-23-15-13-11-9-7-5-2)37(41)31-25-19-18-21-27-33-38(3)32-26-20-16-17-24-30-36-40;1-2-3-4-5-6-7-8-9-10-12-11;/h40H,4-36H2,1-3H3;11H,2-10H2,1H3;. The summed E-state index contributed by atoms with van der Waals surface area (Å²) in [6.07, 6.45) is 45.8. The normalized spacial score (nSPS) is 11.1. The molecule has 0 heterocycles. The van der Waals surface area contributed by atoms with Crippen molar-refractivity contribution in [3.63, 3.8) is 0 Å². The first-order valence-corrected chi connectivity index (χ1v) is 23.9. The molecule has 0 aliphatic rings. The largest absolute Gasteiger partial charge is 0.396 e. The summed E-state index contributed by atoms with van der Waals surface area (Å²) in [5, 5.41) is 16.9. The third-order valence-electron chi connectivity index (χ3n) is 10.9. The number of hydrogen-bond acceptors (Lipinski definition) is 5. The van der Waals surface area contributed by atoms with Gasteiger partial charge in [-0.1, -0.05) is 201 Å². The molecule has 2 N–H and O–H groups in total. The van der Waals surface area contributed by atoms with Crippen LogP contribution in [0.5, 0.6) is 0 Å². The molecule has 0 bridgehead atoms. The molecule has 0 saturated carbocycles. The molecule has 0 spiro atoms. The van der Waals surface area contributed by atoms with Gasteiger partial charge in [0.1, 0.15) is 0 Å². The summed E-state index contributed by atoms with van der Waals surface area (Å²) >= 11 is 0. The second kappa shape index (κ2) is 53.4. The summed E-state index contributed by atoms with van der Waals surface area (Å²) in [4.78, 5) is 21.8. The van der Waals surface area contributed by atoms with E-state index in [2.05, 4.69) is 42.5 Å². The van der Waals surface area contributed by atoms with Gasteiger partial charge in [0.05, 0.1) is 6.61 Å². The number of amides is 1. The van der Waals surface area contributed by atoms with E-state index in [9.17, 15) is 4.79 Å². The summed E-state index contributed by atoms with van der Waals surface area (Å²) < 4.78 is 0. The summed E-state index contributed by atoms with van der Waals surface area (Å²) in [6.45, 7) is 12.0. The Morgan fingerprint density at radius 1 is 0.426 bits per heavy atom. The van der Waals surface area contributed by atoms with Crippen molar-refractivity contribution >= 4 is 5.91 Å². The molecule has 1 radical (unpaired) electrons. The number of aliphatic hydroxyl groups is 1. The SMILES string of the molecule is CCCCCCCCCCN(CCCCCCCCCC)C(=O)CCCCCCCN(C)CCCCCCCCO.CCCCCCCCCCOO.[Y]. The molecule has 1 amide bonds. The molecule has 0 aromatic rings. The zero-order chi connectivity index (χ0) is 39.1. The number of carbonyl (C=O) groups is 1. The molecule has 0 aliphatic carbocycles. The molecule has 0 atom stereocenters. The summed E-state index contributed by atoms with van der Waals surface area (Å²) in [7, 11) is 2.26. The van der Waals surface area contributed by atoms with Crippen LogP contribution in [0.25, 0.3) is 0 Å². The van der Waals surface area contributed by atoms with Crippen LogP contribution in [0, 0.1) is 0 Å². The van der Waals surface area contributed by atoms with Gasteiger partial charge in [-0.15, -0.1) is 0 Å². The summed E-state index contributed by atoms with van der Waals surface area (Å²) in [6, 6.07) is 0. The van der Waals surface area contributed by atoms with Crippen LogP contribution >= 0.6 is 0 Å². The Kier molecular flexibility index (Phi) is 58.1. The van der Waals surface area contributed by atoms with Crippen LogP contribution in [0.1, 0.15) is 252 Å².